The van der Waals surface area contributed by atoms with Crippen LogP contribution in [0.1, 0.15) is 30.6 Å². The molecule has 0 spiro atoms. The van der Waals surface area contributed by atoms with Crippen LogP contribution >= 0.6 is 0 Å². The zero-order valence-electron chi connectivity index (χ0n) is 12.9. The summed E-state index contributed by atoms with van der Waals surface area (Å²) in [5.41, 5.74) is 0.916. The molecule has 1 atom stereocenters. The van der Waals surface area contributed by atoms with E-state index in [2.05, 4.69) is 24.1 Å². The maximum Gasteiger partial charge on any atom is 0.337 e. The lowest BCUT2D eigenvalue weighted by Crippen LogP contribution is -2.29. The van der Waals surface area contributed by atoms with Gasteiger partial charge in [0, 0.05) is 25.2 Å². The number of aromatic carboxylic acids is 1. The SMILES string of the molecule is COc1ccc(C(=O)O)c(NCC2CCN(C(C)C)C2)c1. The highest BCUT2D eigenvalue weighted by Crippen LogP contribution is 2.24. The molecule has 1 unspecified atom stereocenters. The molecule has 2 rings (SSSR count). The molecular formula is C16H24N2O3. The molecule has 116 valence electrons. The van der Waals surface area contributed by atoms with E-state index >= 15 is 0 Å². The number of carboxylic acids is 1. The number of anilines is 1. The van der Waals surface area contributed by atoms with E-state index < -0.39 is 5.97 Å². The predicted octanol–water partition coefficient (Wildman–Crippen LogP) is 2.54. The number of likely N-dealkylation sites (tertiary alicyclic amines) is 1. The van der Waals surface area contributed by atoms with E-state index in [9.17, 15) is 9.90 Å². The van der Waals surface area contributed by atoms with Gasteiger partial charge in [-0.2, -0.15) is 0 Å². The largest absolute Gasteiger partial charge is 0.497 e. The highest BCUT2D eigenvalue weighted by Gasteiger charge is 2.24. The average molecular weight is 292 g/mol. The van der Waals surface area contributed by atoms with E-state index in [1.54, 1.807) is 25.3 Å². The number of nitrogens with zero attached hydrogens (tertiary/aromatic N) is 1. The van der Waals surface area contributed by atoms with Gasteiger partial charge >= 0.3 is 5.97 Å². The normalized spacial score (nSPS) is 19.0. The van der Waals surface area contributed by atoms with Gasteiger partial charge < -0.3 is 20.1 Å². The molecule has 0 bridgehead atoms. The topological polar surface area (TPSA) is 61.8 Å². The Balaban J connectivity index is 2.01. The van der Waals surface area contributed by atoms with Crippen molar-refractivity contribution in [3.05, 3.63) is 23.8 Å². The maximum absolute atomic E-state index is 11.3. The fourth-order valence-electron chi connectivity index (χ4n) is 2.74. The Bertz CT molecular complexity index is 502. The van der Waals surface area contributed by atoms with E-state index in [1.165, 1.54) is 0 Å². The van der Waals surface area contributed by atoms with Crippen LogP contribution in [-0.2, 0) is 0 Å². The molecular weight excluding hydrogens is 268 g/mol. The molecule has 2 N–H and O–H groups in total. The van der Waals surface area contributed by atoms with Crippen LogP contribution < -0.4 is 10.1 Å². The van der Waals surface area contributed by atoms with Gasteiger partial charge in [0.2, 0.25) is 0 Å². The second kappa shape index (κ2) is 6.80. The van der Waals surface area contributed by atoms with E-state index in [-0.39, 0.29) is 5.56 Å². The number of nitrogens with one attached hydrogen (secondary N) is 1. The number of hydrogen-bond acceptors (Lipinski definition) is 4. The Hall–Kier alpha value is -1.75. The molecule has 1 fully saturated rings. The van der Waals surface area contributed by atoms with Gasteiger partial charge in [-0.15, -0.1) is 0 Å². The zero-order chi connectivity index (χ0) is 15.4. The van der Waals surface area contributed by atoms with Gasteiger partial charge in [-0.05, 0) is 44.9 Å². The summed E-state index contributed by atoms with van der Waals surface area (Å²) in [6, 6.07) is 5.57. The van der Waals surface area contributed by atoms with E-state index in [1.807, 2.05) is 0 Å². The van der Waals surface area contributed by atoms with Crippen LogP contribution in [0.2, 0.25) is 0 Å². The molecule has 1 aliphatic heterocycles. The Morgan fingerprint density at radius 2 is 2.29 bits per heavy atom. The van der Waals surface area contributed by atoms with Crippen molar-refractivity contribution in [3.8, 4) is 5.75 Å². The van der Waals surface area contributed by atoms with Gasteiger partial charge in [0.05, 0.1) is 18.4 Å². The van der Waals surface area contributed by atoms with Crippen molar-refractivity contribution < 1.29 is 14.6 Å². The third-order valence-corrected chi connectivity index (χ3v) is 4.09. The molecule has 1 aliphatic rings. The quantitative estimate of drug-likeness (QED) is 0.843. The summed E-state index contributed by atoms with van der Waals surface area (Å²) in [6.07, 6.45) is 1.15. The molecule has 0 radical (unpaired) electrons. The van der Waals surface area contributed by atoms with Crippen molar-refractivity contribution in [1.82, 2.24) is 4.90 Å². The molecule has 1 aromatic carbocycles. The molecule has 5 heteroatoms. The molecule has 0 aromatic heterocycles. The lowest BCUT2D eigenvalue weighted by atomic mass is 10.1. The van der Waals surface area contributed by atoms with Gasteiger partial charge in [0.1, 0.15) is 5.75 Å². The Morgan fingerprint density at radius 1 is 1.52 bits per heavy atom. The zero-order valence-corrected chi connectivity index (χ0v) is 12.9. The number of rotatable bonds is 6. The van der Waals surface area contributed by atoms with Crippen LogP contribution in [0.5, 0.6) is 5.75 Å². The van der Waals surface area contributed by atoms with Crippen molar-refractivity contribution in [2.24, 2.45) is 5.92 Å². The van der Waals surface area contributed by atoms with Gasteiger partial charge in [-0.1, -0.05) is 0 Å². The fraction of sp³-hybridized carbons (Fsp3) is 0.562. The molecule has 0 saturated carbocycles. The summed E-state index contributed by atoms with van der Waals surface area (Å²) >= 11 is 0. The first-order valence-corrected chi connectivity index (χ1v) is 7.40. The van der Waals surface area contributed by atoms with Gasteiger partial charge in [-0.3, -0.25) is 0 Å². The predicted molar refractivity (Wildman–Crippen MR) is 83.3 cm³/mol. The van der Waals surface area contributed by atoms with Gasteiger partial charge in [0.15, 0.2) is 0 Å². The smallest absolute Gasteiger partial charge is 0.337 e. The van der Waals surface area contributed by atoms with Crippen molar-refractivity contribution in [3.63, 3.8) is 0 Å². The van der Waals surface area contributed by atoms with E-state index in [0.29, 0.717) is 23.4 Å². The Morgan fingerprint density at radius 3 is 2.86 bits per heavy atom. The summed E-state index contributed by atoms with van der Waals surface area (Å²) in [5.74, 6) is 0.299. The van der Waals surface area contributed by atoms with Gasteiger partial charge in [-0.25, -0.2) is 4.79 Å². The molecule has 1 saturated heterocycles. The summed E-state index contributed by atoms with van der Waals surface area (Å²) in [6.45, 7) is 7.39. The highest BCUT2D eigenvalue weighted by atomic mass is 16.5. The molecule has 1 heterocycles. The van der Waals surface area contributed by atoms with Crippen molar-refractivity contribution in [2.75, 3.05) is 32.1 Å². The van der Waals surface area contributed by atoms with Crippen LogP contribution in [0.3, 0.4) is 0 Å². The number of carboxylic acid groups (broad SMARTS) is 1. The van der Waals surface area contributed by atoms with Crippen LogP contribution in [0.4, 0.5) is 5.69 Å². The number of carbonyl (C=O) groups is 1. The molecule has 1 aromatic rings. The lowest BCUT2D eigenvalue weighted by Gasteiger charge is -2.20. The second-order valence-electron chi connectivity index (χ2n) is 5.84. The standard InChI is InChI=1S/C16H24N2O3/c1-11(2)18-7-6-12(10-18)9-17-15-8-13(21-3)4-5-14(15)16(19)20/h4-5,8,11-12,17H,6-7,9-10H2,1-3H3,(H,19,20). The number of methoxy groups -OCH3 is 1. The molecule has 21 heavy (non-hydrogen) atoms. The van der Waals surface area contributed by atoms with Crippen LogP contribution in [0.25, 0.3) is 0 Å². The summed E-state index contributed by atoms with van der Waals surface area (Å²) in [7, 11) is 1.58. The van der Waals surface area contributed by atoms with Crippen LogP contribution in [-0.4, -0.2) is 48.8 Å². The summed E-state index contributed by atoms with van der Waals surface area (Å²) in [5, 5.41) is 12.5. The van der Waals surface area contributed by atoms with E-state index in [0.717, 1.165) is 26.1 Å². The number of benzene rings is 1. The average Bonchev–Trinajstić information content (AvgIpc) is 2.93. The fourth-order valence-corrected chi connectivity index (χ4v) is 2.74. The third kappa shape index (κ3) is 3.88. The number of hydrogen-bond donors (Lipinski definition) is 2. The minimum atomic E-state index is -0.921. The lowest BCUT2D eigenvalue weighted by molar-refractivity contribution is 0.0698. The first-order chi connectivity index (χ1) is 10.0. The Labute approximate surface area is 125 Å². The number of ether oxygens (including phenoxy) is 1. The molecule has 5 nitrogen and oxygen atoms in total. The summed E-state index contributed by atoms with van der Waals surface area (Å²) < 4.78 is 5.17. The van der Waals surface area contributed by atoms with Gasteiger partial charge in [0.25, 0.3) is 0 Å². The molecule has 0 aliphatic carbocycles. The monoisotopic (exact) mass is 292 g/mol. The third-order valence-electron chi connectivity index (χ3n) is 4.09. The van der Waals surface area contributed by atoms with E-state index in [4.69, 9.17) is 4.74 Å². The second-order valence-corrected chi connectivity index (χ2v) is 5.84. The molecule has 0 amide bonds. The Kier molecular flexibility index (Phi) is 5.07. The van der Waals surface area contributed by atoms with Crippen LogP contribution in [0, 0.1) is 5.92 Å². The first kappa shape index (κ1) is 15.6. The highest BCUT2D eigenvalue weighted by molar-refractivity contribution is 5.94. The summed E-state index contributed by atoms with van der Waals surface area (Å²) in [4.78, 5) is 13.7. The maximum atomic E-state index is 11.3. The van der Waals surface area contributed by atoms with Crippen molar-refractivity contribution in [2.45, 2.75) is 26.3 Å². The van der Waals surface area contributed by atoms with Crippen molar-refractivity contribution in [1.29, 1.82) is 0 Å². The van der Waals surface area contributed by atoms with Crippen LogP contribution in [0.15, 0.2) is 18.2 Å². The first-order valence-electron chi connectivity index (χ1n) is 7.40. The minimum Gasteiger partial charge on any atom is -0.497 e. The minimum absolute atomic E-state index is 0.287. The van der Waals surface area contributed by atoms with Crippen molar-refractivity contribution >= 4 is 11.7 Å².